The van der Waals surface area contributed by atoms with Gasteiger partial charge in [-0.15, -0.1) is 0 Å². The van der Waals surface area contributed by atoms with Gasteiger partial charge in [-0.05, 0) is 30.0 Å². The van der Waals surface area contributed by atoms with E-state index in [0.29, 0.717) is 6.54 Å². The number of fused-ring (bicyclic) bond motifs is 3. The molecule has 1 aliphatic heterocycles. The predicted molar refractivity (Wildman–Crippen MR) is 91.2 cm³/mol. The molecule has 2 aromatic carbocycles. The Balaban J connectivity index is 2.29. The second-order valence-corrected chi connectivity index (χ2v) is 5.89. The van der Waals surface area contributed by atoms with E-state index < -0.39 is 0 Å². The van der Waals surface area contributed by atoms with E-state index in [0.717, 1.165) is 24.1 Å². The number of nitrogens with one attached hydrogen (secondary N) is 2. The van der Waals surface area contributed by atoms with E-state index in [9.17, 15) is 4.79 Å². The summed E-state index contributed by atoms with van der Waals surface area (Å²) in [6.07, 6.45) is 1.98. The molecule has 22 heavy (non-hydrogen) atoms. The predicted octanol–water partition coefficient (Wildman–Crippen LogP) is 4.55. The number of para-hydroxylation sites is 1. The van der Waals surface area contributed by atoms with Gasteiger partial charge in [-0.3, -0.25) is 0 Å². The van der Waals surface area contributed by atoms with Gasteiger partial charge >= 0.3 is 6.03 Å². The topological polar surface area (TPSA) is 41.1 Å². The summed E-state index contributed by atoms with van der Waals surface area (Å²) in [7, 11) is 0. The molecule has 2 N–H and O–H groups in total. The molecule has 0 saturated heterocycles. The van der Waals surface area contributed by atoms with Gasteiger partial charge < -0.3 is 10.6 Å². The molecule has 3 rings (SSSR count). The Kier molecular flexibility index (Phi) is 3.88. The average molecular weight is 294 g/mol. The summed E-state index contributed by atoms with van der Waals surface area (Å²) in [4.78, 5) is 12.2. The van der Waals surface area contributed by atoms with E-state index in [4.69, 9.17) is 0 Å². The molecular formula is C19H22N2O. The van der Waals surface area contributed by atoms with Gasteiger partial charge in [0.25, 0.3) is 0 Å². The van der Waals surface area contributed by atoms with Gasteiger partial charge in [-0.25, -0.2) is 4.79 Å². The fourth-order valence-electron chi connectivity index (χ4n) is 3.40. The standard InChI is InChI=1S/C19H22N2O/c1-3-19(4-2)13-20-18(22)21-17-12-8-6-10-15(17)14-9-5-7-11-16(14)19/h5-12H,3-4,13H2,1-2H3,(H2,20,21,22). The van der Waals surface area contributed by atoms with Crippen LogP contribution in [0.4, 0.5) is 10.5 Å². The third kappa shape index (κ3) is 2.37. The van der Waals surface area contributed by atoms with Crippen molar-refractivity contribution in [1.82, 2.24) is 5.32 Å². The van der Waals surface area contributed by atoms with Crippen LogP contribution in [0.3, 0.4) is 0 Å². The Bertz CT molecular complexity index is 689. The van der Waals surface area contributed by atoms with Crippen molar-refractivity contribution < 1.29 is 4.79 Å². The van der Waals surface area contributed by atoms with E-state index in [1.807, 2.05) is 18.2 Å². The van der Waals surface area contributed by atoms with Crippen LogP contribution in [0.2, 0.25) is 0 Å². The first-order chi connectivity index (χ1) is 10.7. The summed E-state index contributed by atoms with van der Waals surface area (Å²) in [5, 5.41) is 6.03. The lowest BCUT2D eigenvalue weighted by Gasteiger charge is -2.34. The summed E-state index contributed by atoms with van der Waals surface area (Å²) in [6.45, 7) is 5.05. The van der Waals surface area contributed by atoms with Gasteiger partial charge in [0, 0.05) is 17.5 Å². The maximum Gasteiger partial charge on any atom is 0.319 e. The van der Waals surface area contributed by atoms with Crippen molar-refractivity contribution in [2.45, 2.75) is 32.1 Å². The van der Waals surface area contributed by atoms with E-state index in [1.165, 1.54) is 11.1 Å². The number of urea groups is 1. The third-order valence-corrected chi connectivity index (χ3v) is 4.90. The van der Waals surface area contributed by atoms with E-state index in [1.54, 1.807) is 0 Å². The van der Waals surface area contributed by atoms with Gasteiger partial charge in [0.15, 0.2) is 0 Å². The van der Waals surface area contributed by atoms with E-state index in [2.05, 4.69) is 54.8 Å². The maximum atomic E-state index is 12.2. The molecule has 0 bridgehead atoms. The smallest absolute Gasteiger partial charge is 0.319 e. The number of carbonyl (C=O) groups is 1. The molecular weight excluding hydrogens is 272 g/mol. The van der Waals surface area contributed by atoms with Crippen LogP contribution in [0.5, 0.6) is 0 Å². The van der Waals surface area contributed by atoms with Gasteiger partial charge in [-0.2, -0.15) is 0 Å². The summed E-state index contributed by atoms with van der Waals surface area (Å²) in [5.74, 6) is 0. The van der Waals surface area contributed by atoms with Crippen LogP contribution in [0, 0.1) is 0 Å². The fourth-order valence-corrected chi connectivity index (χ4v) is 3.40. The molecule has 0 aliphatic carbocycles. The number of rotatable bonds is 2. The van der Waals surface area contributed by atoms with E-state index in [-0.39, 0.29) is 11.4 Å². The molecule has 0 spiro atoms. The molecule has 0 atom stereocenters. The Morgan fingerprint density at radius 2 is 1.59 bits per heavy atom. The quantitative estimate of drug-likeness (QED) is 0.838. The fraction of sp³-hybridized carbons (Fsp3) is 0.316. The van der Waals surface area contributed by atoms with Crippen molar-refractivity contribution in [3.8, 4) is 11.1 Å². The average Bonchev–Trinajstić information content (AvgIpc) is 2.61. The molecule has 0 unspecified atom stereocenters. The van der Waals surface area contributed by atoms with Crippen molar-refractivity contribution >= 4 is 11.7 Å². The number of hydrogen-bond acceptors (Lipinski definition) is 1. The van der Waals surface area contributed by atoms with Crippen LogP contribution in [-0.4, -0.2) is 12.6 Å². The third-order valence-electron chi connectivity index (χ3n) is 4.90. The van der Waals surface area contributed by atoms with Crippen molar-refractivity contribution in [2.75, 3.05) is 11.9 Å². The SMILES string of the molecule is CCC1(CC)CNC(=O)Nc2ccccc2-c2ccccc21. The minimum atomic E-state index is -0.133. The summed E-state index contributed by atoms with van der Waals surface area (Å²) in [5.41, 5.74) is 4.44. The summed E-state index contributed by atoms with van der Waals surface area (Å²) < 4.78 is 0. The Morgan fingerprint density at radius 3 is 2.32 bits per heavy atom. The first kappa shape index (κ1) is 14.6. The van der Waals surface area contributed by atoms with Crippen LogP contribution in [0.15, 0.2) is 48.5 Å². The zero-order chi connectivity index (χ0) is 15.6. The Labute approximate surface area is 131 Å². The zero-order valence-electron chi connectivity index (χ0n) is 13.1. The molecule has 1 aliphatic rings. The van der Waals surface area contributed by atoms with Gasteiger partial charge in [0.2, 0.25) is 0 Å². The lowest BCUT2D eigenvalue weighted by molar-refractivity contribution is 0.247. The molecule has 1 heterocycles. The minimum absolute atomic E-state index is 0.0363. The summed E-state index contributed by atoms with van der Waals surface area (Å²) in [6, 6.07) is 16.4. The largest absolute Gasteiger partial charge is 0.337 e. The van der Waals surface area contributed by atoms with Crippen LogP contribution in [-0.2, 0) is 5.41 Å². The monoisotopic (exact) mass is 294 g/mol. The Hall–Kier alpha value is -2.29. The minimum Gasteiger partial charge on any atom is -0.337 e. The van der Waals surface area contributed by atoms with Crippen molar-refractivity contribution in [1.29, 1.82) is 0 Å². The highest BCUT2D eigenvalue weighted by Crippen LogP contribution is 2.40. The number of anilines is 1. The maximum absolute atomic E-state index is 12.2. The molecule has 0 saturated carbocycles. The molecule has 3 nitrogen and oxygen atoms in total. The molecule has 2 amide bonds. The molecule has 0 radical (unpaired) electrons. The highest BCUT2D eigenvalue weighted by atomic mass is 16.2. The van der Waals surface area contributed by atoms with Crippen molar-refractivity contribution in [2.24, 2.45) is 0 Å². The van der Waals surface area contributed by atoms with Crippen LogP contribution < -0.4 is 10.6 Å². The number of hydrogen-bond donors (Lipinski definition) is 2. The molecule has 0 aromatic heterocycles. The van der Waals surface area contributed by atoms with Crippen LogP contribution >= 0.6 is 0 Å². The highest BCUT2D eigenvalue weighted by Gasteiger charge is 2.32. The zero-order valence-corrected chi connectivity index (χ0v) is 13.1. The van der Waals surface area contributed by atoms with Gasteiger partial charge in [0.05, 0.1) is 5.69 Å². The van der Waals surface area contributed by atoms with Crippen molar-refractivity contribution in [3.63, 3.8) is 0 Å². The van der Waals surface area contributed by atoms with Crippen molar-refractivity contribution in [3.05, 3.63) is 54.1 Å². The number of amides is 2. The Morgan fingerprint density at radius 1 is 0.955 bits per heavy atom. The second-order valence-electron chi connectivity index (χ2n) is 5.89. The molecule has 2 aromatic rings. The lowest BCUT2D eigenvalue weighted by Crippen LogP contribution is -2.41. The van der Waals surface area contributed by atoms with Crippen LogP contribution in [0.1, 0.15) is 32.3 Å². The number of carbonyl (C=O) groups excluding carboxylic acids is 1. The first-order valence-corrected chi connectivity index (χ1v) is 7.94. The number of benzene rings is 2. The molecule has 3 heteroatoms. The molecule has 114 valence electrons. The van der Waals surface area contributed by atoms with Gasteiger partial charge in [-0.1, -0.05) is 56.3 Å². The summed E-state index contributed by atoms with van der Waals surface area (Å²) >= 11 is 0. The van der Waals surface area contributed by atoms with E-state index >= 15 is 0 Å². The molecule has 0 fully saturated rings. The second kappa shape index (κ2) is 5.84. The highest BCUT2D eigenvalue weighted by molar-refractivity contribution is 5.95. The normalized spacial score (nSPS) is 16.2. The lowest BCUT2D eigenvalue weighted by atomic mass is 9.73. The first-order valence-electron chi connectivity index (χ1n) is 7.94. The van der Waals surface area contributed by atoms with Gasteiger partial charge in [0.1, 0.15) is 0 Å². The van der Waals surface area contributed by atoms with Crippen LogP contribution in [0.25, 0.3) is 11.1 Å².